The molecule has 1 heterocycles. The van der Waals surface area contributed by atoms with Crippen LogP contribution in [-0.2, 0) is 0 Å². The van der Waals surface area contributed by atoms with Crippen LogP contribution in [0.3, 0.4) is 0 Å². The predicted octanol–water partition coefficient (Wildman–Crippen LogP) is 4.37. The Morgan fingerprint density at radius 1 is 1.16 bits per heavy atom. The monoisotopic (exact) mass is 268 g/mol. The molecule has 19 heavy (non-hydrogen) atoms. The van der Waals surface area contributed by atoms with Gasteiger partial charge < -0.3 is 5.73 Å². The van der Waals surface area contributed by atoms with Crippen LogP contribution in [0.1, 0.15) is 24.4 Å². The zero-order valence-corrected chi connectivity index (χ0v) is 11.7. The van der Waals surface area contributed by atoms with Gasteiger partial charge in [0.15, 0.2) is 0 Å². The topological polar surface area (TPSA) is 38.9 Å². The van der Waals surface area contributed by atoms with E-state index in [9.17, 15) is 0 Å². The van der Waals surface area contributed by atoms with Crippen molar-refractivity contribution in [2.24, 2.45) is 5.73 Å². The fourth-order valence-corrected chi connectivity index (χ4v) is 3.03. The standard InChI is InChI=1S/C16H16N2S/c1-2-14(17)16-18-15(10-19-16)13-8-7-11-5-3-4-6-12(11)9-13/h3-10,14H,2,17H2,1H3. The summed E-state index contributed by atoms with van der Waals surface area (Å²) >= 11 is 1.65. The van der Waals surface area contributed by atoms with Crippen LogP contribution >= 0.6 is 11.3 Å². The Hall–Kier alpha value is -1.71. The fraction of sp³-hybridized carbons (Fsp3) is 0.188. The highest BCUT2D eigenvalue weighted by Gasteiger charge is 2.10. The van der Waals surface area contributed by atoms with Gasteiger partial charge in [-0.3, -0.25) is 0 Å². The highest BCUT2D eigenvalue weighted by molar-refractivity contribution is 7.10. The predicted molar refractivity (Wildman–Crippen MR) is 82.3 cm³/mol. The zero-order valence-electron chi connectivity index (χ0n) is 10.8. The molecule has 1 unspecified atom stereocenters. The summed E-state index contributed by atoms with van der Waals surface area (Å²) in [5.74, 6) is 0. The first-order valence-corrected chi connectivity index (χ1v) is 7.36. The summed E-state index contributed by atoms with van der Waals surface area (Å²) in [6.07, 6.45) is 0.921. The van der Waals surface area contributed by atoms with Crippen LogP contribution in [0.15, 0.2) is 47.8 Å². The van der Waals surface area contributed by atoms with E-state index in [0.717, 1.165) is 22.7 Å². The largest absolute Gasteiger partial charge is 0.322 e. The van der Waals surface area contributed by atoms with Crippen molar-refractivity contribution in [3.8, 4) is 11.3 Å². The molecule has 0 aliphatic carbocycles. The van der Waals surface area contributed by atoms with Crippen LogP contribution in [-0.4, -0.2) is 4.98 Å². The number of fused-ring (bicyclic) bond motifs is 1. The average molecular weight is 268 g/mol. The van der Waals surface area contributed by atoms with Crippen molar-refractivity contribution < 1.29 is 0 Å². The Morgan fingerprint density at radius 2 is 1.95 bits per heavy atom. The quantitative estimate of drug-likeness (QED) is 0.766. The van der Waals surface area contributed by atoms with Gasteiger partial charge >= 0.3 is 0 Å². The number of benzene rings is 2. The molecule has 2 aromatic carbocycles. The van der Waals surface area contributed by atoms with E-state index in [4.69, 9.17) is 5.73 Å². The lowest BCUT2D eigenvalue weighted by atomic mass is 10.1. The van der Waals surface area contributed by atoms with Gasteiger partial charge in [0.1, 0.15) is 5.01 Å². The number of rotatable bonds is 3. The van der Waals surface area contributed by atoms with Crippen LogP contribution in [0.25, 0.3) is 22.0 Å². The molecule has 0 aliphatic rings. The van der Waals surface area contributed by atoms with E-state index >= 15 is 0 Å². The summed E-state index contributed by atoms with van der Waals surface area (Å²) in [5.41, 5.74) is 8.20. The summed E-state index contributed by atoms with van der Waals surface area (Å²) in [4.78, 5) is 4.65. The van der Waals surface area contributed by atoms with Crippen molar-refractivity contribution >= 4 is 22.1 Å². The second kappa shape index (κ2) is 5.11. The Bertz CT molecular complexity index is 703. The molecule has 2 nitrogen and oxygen atoms in total. The Morgan fingerprint density at radius 3 is 2.74 bits per heavy atom. The second-order valence-electron chi connectivity index (χ2n) is 4.65. The molecule has 1 atom stereocenters. The fourth-order valence-electron chi connectivity index (χ4n) is 2.11. The Labute approximate surface area is 116 Å². The zero-order chi connectivity index (χ0) is 13.2. The van der Waals surface area contributed by atoms with Crippen molar-refractivity contribution in [2.45, 2.75) is 19.4 Å². The number of thiazole rings is 1. The smallest absolute Gasteiger partial charge is 0.110 e. The molecule has 0 fully saturated rings. The maximum absolute atomic E-state index is 6.02. The summed E-state index contributed by atoms with van der Waals surface area (Å²) < 4.78 is 0. The van der Waals surface area contributed by atoms with Gasteiger partial charge in [0.2, 0.25) is 0 Å². The van der Waals surface area contributed by atoms with Crippen molar-refractivity contribution in [1.82, 2.24) is 4.98 Å². The van der Waals surface area contributed by atoms with Gasteiger partial charge in [-0.1, -0.05) is 43.3 Å². The Kier molecular flexibility index (Phi) is 3.32. The molecule has 0 spiro atoms. The van der Waals surface area contributed by atoms with Gasteiger partial charge in [-0.05, 0) is 23.3 Å². The minimum absolute atomic E-state index is 0.0548. The van der Waals surface area contributed by atoms with E-state index in [0.29, 0.717) is 0 Å². The minimum Gasteiger partial charge on any atom is -0.322 e. The minimum atomic E-state index is 0.0548. The first kappa shape index (κ1) is 12.3. The first-order valence-electron chi connectivity index (χ1n) is 6.48. The lowest BCUT2D eigenvalue weighted by Gasteiger charge is -2.03. The van der Waals surface area contributed by atoms with Gasteiger partial charge in [-0.15, -0.1) is 11.3 Å². The van der Waals surface area contributed by atoms with Crippen molar-refractivity contribution in [3.05, 3.63) is 52.9 Å². The van der Waals surface area contributed by atoms with Crippen LogP contribution in [0.2, 0.25) is 0 Å². The van der Waals surface area contributed by atoms with E-state index in [1.165, 1.54) is 10.8 Å². The Balaban J connectivity index is 2.01. The third-order valence-corrected chi connectivity index (χ3v) is 4.30. The van der Waals surface area contributed by atoms with E-state index in [1.54, 1.807) is 11.3 Å². The summed E-state index contributed by atoms with van der Waals surface area (Å²) in [7, 11) is 0. The molecule has 3 aromatic rings. The van der Waals surface area contributed by atoms with Crippen molar-refractivity contribution in [1.29, 1.82) is 0 Å². The molecule has 1 aromatic heterocycles. The van der Waals surface area contributed by atoms with E-state index < -0.39 is 0 Å². The second-order valence-corrected chi connectivity index (χ2v) is 5.54. The van der Waals surface area contributed by atoms with Gasteiger partial charge in [0, 0.05) is 10.9 Å². The number of nitrogens with two attached hydrogens (primary N) is 1. The molecule has 96 valence electrons. The van der Waals surface area contributed by atoms with Gasteiger partial charge in [0.25, 0.3) is 0 Å². The van der Waals surface area contributed by atoms with E-state index in [-0.39, 0.29) is 6.04 Å². The molecule has 0 saturated carbocycles. The highest BCUT2D eigenvalue weighted by Crippen LogP contribution is 2.28. The number of hydrogen-bond acceptors (Lipinski definition) is 3. The van der Waals surface area contributed by atoms with Gasteiger partial charge in [-0.2, -0.15) is 0 Å². The molecular formula is C16H16N2S. The molecule has 0 aliphatic heterocycles. The molecule has 3 rings (SSSR count). The summed E-state index contributed by atoms with van der Waals surface area (Å²) in [6, 6.07) is 14.9. The molecular weight excluding hydrogens is 252 g/mol. The van der Waals surface area contributed by atoms with Gasteiger partial charge in [0.05, 0.1) is 11.7 Å². The SMILES string of the molecule is CCC(N)c1nc(-c2ccc3ccccc3c2)cs1. The molecule has 2 N–H and O–H groups in total. The third-order valence-electron chi connectivity index (χ3n) is 3.32. The van der Waals surface area contributed by atoms with Crippen LogP contribution in [0, 0.1) is 0 Å². The van der Waals surface area contributed by atoms with Gasteiger partial charge in [-0.25, -0.2) is 4.98 Å². The number of nitrogens with zero attached hydrogens (tertiary/aromatic N) is 1. The maximum Gasteiger partial charge on any atom is 0.110 e. The number of aromatic nitrogens is 1. The van der Waals surface area contributed by atoms with E-state index in [1.807, 2.05) is 0 Å². The van der Waals surface area contributed by atoms with Crippen LogP contribution < -0.4 is 5.73 Å². The first-order chi connectivity index (χ1) is 9.28. The average Bonchev–Trinajstić information content (AvgIpc) is 2.95. The molecule has 0 saturated heterocycles. The number of hydrogen-bond donors (Lipinski definition) is 1. The summed E-state index contributed by atoms with van der Waals surface area (Å²) in [6.45, 7) is 2.09. The maximum atomic E-state index is 6.02. The molecule has 0 bridgehead atoms. The lowest BCUT2D eigenvalue weighted by Crippen LogP contribution is -2.07. The van der Waals surface area contributed by atoms with Crippen LogP contribution in [0.4, 0.5) is 0 Å². The van der Waals surface area contributed by atoms with Crippen LogP contribution in [0.5, 0.6) is 0 Å². The molecule has 0 amide bonds. The molecule has 0 radical (unpaired) electrons. The lowest BCUT2D eigenvalue weighted by molar-refractivity contribution is 0.693. The highest BCUT2D eigenvalue weighted by atomic mass is 32.1. The summed E-state index contributed by atoms with van der Waals surface area (Å²) in [5, 5.41) is 5.61. The van der Waals surface area contributed by atoms with Crippen molar-refractivity contribution in [2.75, 3.05) is 0 Å². The normalized spacial score (nSPS) is 12.7. The third kappa shape index (κ3) is 2.39. The van der Waals surface area contributed by atoms with Crippen molar-refractivity contribution in [3.63, 3.8) is 0 Å². The molecule has 3 heteroatoms. The van der Waals surface area contributed by atoms with E-state index in [2.05, 4.69) is 59.8 Å².